The lowest BCUT2D eigenvalue weighted by atomic mass is 9.99. The van der Waals surface area contributed by atoms with Crippen LogP contribution in [-0.4, -0.2) is 40.9 Å². The van der Waals surface area contributed by atoms with Crippen LogP contribution < -0.4 is 0 Å². The predicted octanol–water partition coefficient (Wildman–Crippen LogP) is 0.299. The summed E-state index contributed by atoms with van der Waals surface area (Å²) in [7, 11) is -0.621. The third-order valence-corrected chi connectivity index (χ3v) is 4.85. The highest BCUT2D eigenvalue weighted by Gasteiger charge is 2.35. The summed E-state index contributed by atoms with van der Waals surface area (Å²) in [6.07, 6.45) is 5.83. The molecule has 0 radical (unpaired) electrons. The Labute approximate surface area is 101 Å². The molecule has 7 heteroatoms. The highest BCUT2D eigenvalue weighted by Crippen LogP contribution is 2.37. The zero-order valence-electron chi connectivity index (χ0n) is 10.00. The van der Waals surface area contributed by atoms with Crippen molar-refractivity contribution < 1.29 is 13.5 Å². The minimum atomic E-state index is -3.54. The van der Waals surface area contributed by atoms with Crippen LogP contribution in [-0.2, 0) is 15.8 Å². The van der Waals surface area contributed by atoms with Gasteiger partial charge in [-0.3, -0.25) is 0 Å². The topological polar surface area (TPSA) is 75.4 Å². The fourth-order valence-electron chi connectivity index (χ4n) is 2.08. The van der Waals surface area contributed by atoms with E-state index in [1.807, 2.05) is 0 Å². The minimum Gasteiger partial charge on any atom is -0.383 e. The molecule has 96 valence electrons. The van der Waals surface area contributed by atoms with Crippen molar-refractivity contribution >= 4 is 10.2 Å². The van der Waals surface area contributed by atoms with Crippen molar-refractivity contribution in [3.8, 4) is 0 Å². The number of hydrogen-bond donors (Lipinski definition) is 1. The fraction of sp³-hybridized carbons (Fsp3) is 0.700. The van der Waals surface area contributed by atoms with Gasteiger partial charge >= 0.3 is 10.2 Å². The van der Waals surface area contributed by atoms with E-state index in [2.05, 4.69) is 4.98 Å². The average Bonchev–Trinajstić information content (AvgIpc) is 2.86. The molecular weight excluding hydrogens is 242 g/mol. The van der Waals surface area contributed by atoms with Crippen LogP contribution in [0, 0.1) is 0 Å². The molecule has 1 fully saturated rings. The summed E-state index contributed by atoms with van der Waals surface area (Å²) in [6.45, 7) is 0. The van der Waals surface area contributed by atoms with Gasteiger partial charge in [0.2, 0.25) is 0 Å². The molecule has 0 unspecified atom stereocenters. The van der Waals surface area contributed by atoms with Crippen LogP contribution in [0.25, 0.3) is 0 Å². The molecule has 1 aliphatic carbocycles. The molecule has 1 aromatic heterocycles. The molecule has 0 aliphatic heterocycles. The Morgan fingerprint density at radius 1 is 1.41 bits per heavy atom. The van der Waals surface area contributed by atoms with E-state index in [-0.39, 0.29) is 0 Å². The van der Waals surface area contributed by atoms with E-state index in [4.69, 9.17) is 0 Å². The quantitative estimate of drug-likeness (QED) is 0.847. The Balaban J connectivity index is 2.34. The molecule has 17 heavy (non-hydrogen) atoms. The summed E-state index contributed by atoms with van der Waals surface area (Å²) in [6, 6.07) is 0. The highest BCUT2D eigenvalue weighted by molar-refractivity contribution is 7.87. The second kappa shape index (κ2) is 4.08. The standard InChI is InChI=1S/C10H17N3O3S/c1-12(2)17(15,16)13-7-9(11-8-13)10(14)5-3-4-6-10/h7-8,14H,3-6H2,1-2H3. The zero-order chi connectivity index (χ0) is 12.7. The van der Waals surface area contributed by atoms with Crippen LogP contribution in [0.1, 0.15) is 31.4 Å². The molecule has 6 nitrogen and oxygen atoms in total. The van der Waals surface area contributed by atoms with Gasteiger partial charge in [0.05, 0.1) is 5.69 Å². The summed E-state index contributed by atoms with van der Waals surface area (Å²) in [5.41, 5.74) is -0.506. The van der Waals surface area contributed by atoms with E-state index in [1.54, 1.807) is 0 Å². The molecular formula is C10H17N3O3S. The molecule has 1 aromatic rings. The lowest BCUT2D eigenvalue weighted by Gasteiger charge is -2.19. The summed E-state index contributed by atoms with van der Waals surface area (Å²) < 4.78 is 25.8. The summed E-state index contributed by atoms with van der Waals surface area (Å²) >= 11 is 0. The number of aromatic nitrogens is 2. The van der Waals surface area contributed by atoms with Crippen molar-refractivity contribution in [1.82, 2.24) is 13.3 Å². The lowest BCUT2D eigenvalue weighted by Crippen LogP contribution is -2.28. The Morgan fingerprint density at radius 3 is 2.53 bits per heavy atom. The Kier molecular flexibility index (Phi) is 3.01. The third-order valence-electron chi connectivity index (χ3n) is 3.20. The predicted molar refractivity (Wildman–Crippen MR) is 62.6 cm³/mol. The van der Waals surface area contributed by atoms with E-state index in [0.29, 0.717) is 18.5 Å². The van der Waals surface area contributed by atoms with Gasteiger partial charge in [0, 0.05) is 20.3 Å². The fourth-order valence-corrected chi connectivity index (χ4v) is 2.85. The molecule has 1 heterocycles. The van der Waals surface area contributed by atoms with Gasteiger partial charge in [-0.25, -0.2) is 8.96 Å². The molecule has 0 spiro atoms. The Hall–Kier alpha value is -0.920. The highest BCUT2D eigenvalue weighted by atomic mass is 32.2. The lowest BCUT2D eigenvalue weighted by molar-refractivity contribution is 0.0403. The maximum Gasteiger partial charge on any atom is 0.308 e. The molecule has 1 saturated carbocycles. The van der Waals surface area contributed by atoms with Crippen LogP contribution in [0.15, 0.2) is 12.5 Å². The normalized spacial score (nSPS) is 20.0. The van der Waals surface area contributed by atoms with E-state index in [1.165, 1.54) is 26.6 Å². The van der Waals surface area contributed by atoms with Crippen molar-refractivity contribution in [3.63, 3.8) is 0 Å². The zero-order valence-corrected chi connectivity index (χ0v) is 10.8. The smallest absolute Gasteiger partial charge is 0.308 e. The van der Waals surface area contributed by atoms with Crippen LogP contribution in [0.2, 0.25) is 0 Å². The maximum absolute atomic E-state index is 11.8. The van der Waals surface area contributed by atoms with Crippen molar-refractivity contribution in [3.05, 3.63) is 18.2 Å². The van der Waals surface area contributed by atoms with Crippen LogP contribution in [0.5, 0.6) is 0 Å². The van der Waals surface area contributed by atoms with Crippen LogP contribution in [0.3, 0.4) is 0 Å². The Bertz CT molecular complexity index is 501. The van der Waals surface area contributed by atoms with Crippen molar-refractivity contribution in [2.24, 2.45) is 0 Å². The number of nitrogens with zero attached hydrogens (tertiary/aromatic N) is 3. The second-order valence-electron chi connectivity index (χ2n) is 4.62. The van der Waals surface area contributed by atoms with E-state index in [0.717, 1.165) is 21.1 Å². The molecule has 0 aromatic carbocycles. The second-order valence-corrected chi connectivity index (χ2v) is 6.67. The molecule has 2 rings (SSSR count). The van der Waals surface area contributed by atoms with Crippen molar-refractivity contribution in [1.29, 1.82) is 0 Å². The number of hydrogen-bond acceptors (Lipinski definition) is 4. The van der Waals surface area contributed by atoms with Gasteiger partial charge in [-0.2, -0.15) is 12.7 Å². The largest absolute Gasteiger partial charge is 0.383 e. The summed E-state index contributed by atoms with van der Waals surface area (Å²) in [4.78, 5) is 4.03. The average molecular weight is 259 g/mol. The molecule has 0 bridgehead atoms. The monoisotopic (exact) mass is 259 g/mol. The van der Waals surface area contributed by atoms with Gasteiger partial charge in [0.1, 0.15) is 11.9 Å². The van der Waals surface area contributed by atoms with Gasteiger partial charge < -0.3 is 5.11 Å². The molecule has 0 amide bonds. The molecule has 0 atom stereocenters. The molecule has 0 saturated heterocycles. The third kappa shape index (κ3) is 2.10. The van der Waals surface area contributed by atoms with Crippen molar-refractivity contribution in [2.45, 2.75) is 31.3 Å². The Morgan fingerprint density at radius 2 is 2.00 bits per heavy atom. The summed E-state index contributed by atoms with van der Waals surface area (Å²) in [5, 5.41) is 10.3. The van der Waals surface area contributed by atoms with Gasteiger partial charge in [0.25, 0.3) is 0 Å². The number of aliphatic hydroxyl groups is 1. The van der Waals surface area contributed by atoms with Crippen LogP contribution in [0.4, 0.5) is 0 Å². The van der Waals surface area contributed by atoms with Gasteiger partial charge in [0.15, 0.2) is 0 Å². The van der Waals surface area contributed by atoms with Crippen LogP contribution >= 0.6 is 0 Å². The number of rotatable bonds is 3. The minimum absolute atomic E-state index is 0.445. The van der Waals surface area contributed by atoms with Gasteiger partial charge in [-0.15, -0.1) is 0 Å². The maximum atomic E-state index is 11.8. The first-order chi connectivity index (χ1) is 7.86. The number of imidazole rings is 1. The van der Waals surface area contributed by atoms with E-state index >= 15 is 0 Å². The first-order valence-corrected chi connectivity index (χ1v) is 6.96. The first-order valence-electron chi connectivity index (χ1n) is 5.56. The first kappa shape index (κ1) is 12.5. The van der Waals surface area contributed by atoms with Crippen molar-refractivity contribution in [2.75, 3.05) is 14.1 Å². The van der Waals surface area contributed by atoms with Gasteiger partial charge in [-0.1, -0.05) is 12.8 Å². The molecule has 1 N–H and O–H groups in total. The molecule has 1 aliphatic rings. The summed E-state index contributed by atoms with van der Waals surface area (Å²) in [5.74, 6) is 0. The van der Waals surface area contributed by atoms with Gasteiger partial charge in [-0.05, 0) is 12.8 Å². The van der Waals surface area contributed by atoms with E-state index in [9.17, 15) is 13.5 Å². The SMILES string of the molecule is CN(C)S(=O)(=O)n1cnc(C2(O)CCCC2)c1. The van der Waals surface area contributed by atoms with E-state index < -0.39 is 15.8 Å².